The van der Waals surface area contributed by atoms with Crippen molar-refractivity contribution in [3.8, 4) is 0 Å². The highest BCUT2D eigenvalue weighted by molar-refractivity contribution is 5.14. The van der Waals surface area contributed by atoms with Crippen molar-refractivity contribution in [2.75, 3.05) is 6.54 Å². The predicted octanol–water partition coefficient (Wildman–Crippen LogP) is 1.23. The Morgan fingerprint density at radius 3 is 2.56 bits per heavy atom. The van der Waals surface area contributed by atoms with E-state index < -0.39 is 0 Å². The van der Waals surface area contributed by atoms with Gasteiger partial charge in [-0.1, -0.05) is 20.8 Å². The summed E-state index contributed by atoms with van der Waals surface area (Å²) < 4.78 is 1.81. The van der Waals surface area contributed by atoms with Crippen LogP contribution < -0.4 is 5.32 Å². The number of nitrogens with one attached hydrogen (secondary N) is 1. The zero-order valence-electron chi connectivity index (χ0n) is 10.9. The molecule has 0 aliphatic rings. The number of hydrogen-bond donors (Lipinski definition) is 2. The summed E-state index contributed by atoms with van der Waals surface area (Å²) in [6.45, 7) is 9.47. The van der Waals surface area contributed by atoms with Crippen molar-refractivity contribution < 1.29 is 5.11 Å². The van der Waals surface area contributed by atoms with Gasteiger partial charge in [0.05, 0.1) is 11.8 Å². The first-order valence-electron chi connectivity index (χ1n) is 5.68. The van der Waals surface area contributed by atoms with E-state index in [0.29, 0.717) is 6.54 Å². The van der Waals surface area contributed by atoms with Gasteiger partial charge in [-0.15, -0.1) is 0 Å². The summed E-state index contributed by atoms with van der Waals surface area (Å²) >= 11 is 0. The lowest BCUT2D eigenvalue weighted by Crippen LogP contribution is -2.36. The van der Waals surface area contributed by atoms with Gasteiger partial charge in [-0.25, -0.2) is 0 Å². The van der Waals surface area contributed by atoms with E-state index in [1.54, 1.807) is 0 Å². The maximum absolute atomic E-state index is 9.85. The molecule has 0 aliphatic carbocycles. The van der Waals surface area contributed by atoms with Crippen molar-refractivity contribution in [2.45, 2.75) is 40.3 Å². The van der Waals surface area contributed by atoms with E-state index in [-0.39, 0.29) is 11.5 Å². The van der Waals surface area contributed by atoms with E-state index in [0.717, 1.165) is 12.2 Å². The predicted molar refractivity (Wildman–Crippen MR) is 65.1 cm³/mol. The minimum atomic E-state index is -0.329. The molecule has 92 valence electrons. The molecule has 1 unspecified atom stereocenters. The Morgan fingerprint density at radius 2 is 2.12 bits per heavy atom. The van der Waals surface area contributed by atoms with Gasteiger partial charge in [0.2, 0.25) is 0 Å². The zero-order chi connectivity index (χ0) is 12.3. The summed E-state index contributed by atoms with van der Waals surface area (Å²) in [6.07, 6.45) is 1.68. The van der Waals surface area contributed by atoms with E-state index in [9.17, 15) is 5.11 Å². The summed E-state index contributed by atoms with van der Waals surface area (Å²) in [7, 11) is 1.92. The second kappa shape index (κ2) is 4.97. The van der Waals surface area contributed by atoms with Crippen molar-refractivity contribution in [3.63, 3.8) is 0 Å². The third-order valence-electron chi connectivity index (χ3n) is 2.77. The molecule has 0 saturated heterocycles. The molecule has 0 saturated carbocycles. The molecule has 4 heteroatoms. The molecule has 4 nitrogen and oxygen atoms in total. The highest BCUT2D eigenvalue weighted by Gasteiger charge is 2.21. The van der Waals surface area contributed by atoms with Gasteiger partial charge in [0.25, 0.3) is 0 Å². The molecule has 0 aromatic carbocycles. The van der Waals surface area contributed by atoms with Gasteiger partial charge in [-0.05, 0) is 12.3 Å². The summed E-state index contributed by atoms with van der Waals surface area (Å²) in [5.74, 6) is 0. The van der Waals surface area contributed by atoms with Gasteiger partial charge in [-0.2, -0.15) is 5.10 Å². The molecule has 0 bridgehead atoms. The number of aromatic nitrogens is 2. The lowest BCUT2D eigenvalue weighted by molar-refractivity contribution is 0.0627. The first kappa shape index (κ1) is 13.2. The van der Waals surface area contributed by atoms with Crippen molar-refractivity contribution >= 4 is 0 Å². The number of aliphatic hydroxyl groups excluding tert-OH is 1. The van der Waals surface area contributed by atoms with Gasteiger partial charge in [0.1, 0.15) is 0 Å². The molecule has 0 aliphatic heterocycles. The first-order chi connectivity index (χ1) is 7.30. The van der Waals surface area contributed by atoms with Crippen LogP contribution in [0.3, 0.4) is 0 Å². The van der Waals surface area contributed by atoms with E-state index in [2.05, 4.69) is 10.4 Å². The minimum absolute atomic E-state index is 0.0724. The van der Waals surface area contributed by atoms with Crippen LogP contribution in [0, 0.1) is 12.3 Å². The Kier molecular flexibility index (Phi) is 4.10. The van der Waals surface area contributed by atoms with Crippen LogP contribution in [0.1, 0.15) is 32.0 Å². The topological polar surface area (TPSA) is 50.1 Å². The maximum atomic E-state index is 9.85. The molecule has 1 aromatic heterocycles. The van der Waals surface area contributed by atoms with E-state index in [1.807, 2.05) is 45.6 Å². The fourth-order valence-electron chi connectivity index (χ4n) is 1.47. The van der Waals surface area contributed by atoms with Crippen molar-refractivity contribution in [3.05, 3.63) is 17.5 Å². The summed E-state index contributed by atoms with van der Waals surface area (Å²) in [5.41, 5.74) is 2.15. The van der Waals surface area contributed by atoms with Gasteiger partial charge in [-0.3, -0.25) is 4.68 Å². The average Bonchev–Trinajstić information content (AvgIpc) is 2.43. The number of aliphatic hydroxyl groups is 1. The van der Waals surface area contributed by atoms with Crippen LogP contribution in [0.15, 0.2) is 6.20 Å². The lowest BCUT2D eigenvalue weighted by Gasteiger charge is -2.25. The summed E-state index contributed by atoms with van der Waals surface area (Å²) in [6, 6.07) is 0. The van der Waals surface area contributed by atoms with Crippen LogP contribution in [0.25, 0.3) is 0 Å². The van der Waals surface area contributed by atoms with Crippen molar-refractivity contribution in [2.24, 2.45) is 12.5 Å². The van der Waals surface area contributed by atoms with Crippen LogP contribution in [0.2, 0.25) is 0 Å². The van der Waals surface area contributed by atoms with Gasteiger partial charge in [0.15, 0.2) is 0 Å². The fraction of sp³-hybridized carbons (Fsp3) is 0.750. The van der Waals surface area contributed by atoms with Gasteiger partial charge in [0, 0.05) is 31.9 Å². The molecule has 0 fully saturated rings. The van der Waals surface area contributed by atoms with Gasteiger partial charge >= 0.3 is 0 Å². The first-order valence-corrected chi connectivity index (χ1v) is 5.68. The van der Waals surface area contributed by atoms with E-state index in [4.69, 9.17) is 0 Å². The van der Waals surface area contributed by atoms with Crippen molar-refractivity contribution in [1.82, 2.24) is 15.1 Å². The van der Waals surface area contributed by atoms with Crippen molar-refractivity contribution in [1.29, 1.82) is 0 Å². The van der Waals surface area contributed by atoms with Crippen LogP contribution in [0.5, 0.6) is 0 Å². The lowest BCUT2D eigenvalue weighted by atomic mass is 9.89. The second-order valence-electron chi connectivity index (χ2n) is 5.43. The summed E-state index contributed by atoms with van der Waals surface area (Å²) in [5, 5.41) is 17.4. The Bertz CT molecular complexity index is 339. The van der Waals surface area contributed by atoms with Crippen LogP contribution >= 0.6 is 0 Å². The Labute approximate surface area is 97.7 Å². The van der Waals surface area contributed by atoms with Gasteiger partial charge < -0.3 is 10.4 Å². The van der Waals surface area contributed by atoms with Crippen LogP contribution in [0.4, 0.5) is 0 Å². The standard InChI is InChI=1S/C12H23N3O/c1-9-10(8-15(5)14-9)6-13-7-11(16)12(2,3)4/h8,11,13,16H,6-7H2,1-5H3. The van der Waals surface area contributed by atoms with E-state index >= 15 is 0 Å². The number of hydrogen-bond acceptors (Lipinski definition) is 3. The van der Waals surface area contributed by atoms with Crippen LogP contribution in [-0.2, 0) is 13.6 Å². The quantitative estimate of drug-likeness (QED) is 0.810. The monoisotopic (exact) mass is 225 g/mol. The molecule has 1 heterocycles. The fourth-order valence-corrected chi connectivity index (χ4v) is 1.47. The molecular formula is C12H23N3O. The highest BCUT2D eigenvalue weighted by atomic mass is 16.3. The molecule has 1 atom stereocenters. The highest BCUT2D eigenvalue weighted by Crippen LogP contribution is 2.18. The molecular weight excluding hydrogens is 202 g/mol. The van der Waals surface area contributed by atoms with Crippen LogP contribution in [-0.4, -0.2) is 27.5 Å². The number of aryl methyl sites for hydroxylation is 2. The Balaban J connectivity index is 2.39. The Hall–Kier alpha value is -0.870. The molecule has 1 rings (SSSR count). The molecule has 0 amide bonds. The number of rotatable bonds is 4. The summed E-state index contributed by atoms with van der Waals surface area (Å²) in [4.78, 5) is 0. The average molecular weight is 225 g/mol. The smallest absolute Gasteiger partial charge is 0.0712 e. The Morgan fingerprint density at radius 1 is 1.50 bits per heavy atom. The molecule has 16 heavy (non-hydrogen) atoms. The third kappa shape index (κ3) is 3.61. The third-order valence-corrected chi connectivity index (χ3v) is 2.77. The molecule has 1 aromatic rings. The molecule has 2 N–H and O–H groups in total. The molecule has 0 spiro atoms. The largest absolute Gasteiger partial charge is 0.391 e. The maximum Gasteiger partial charge on any atom is 0.0712 e. The second-order valence-corrected chi connectivity index (χ2v) is 5.43. The zero-order valence-corrected chi connectivity index (χ0v) is 10.9. The van der Waals surface area contributed by atoms with E-state index in [1.165, 1.54) is 5.56 Å². The molecule has 0 radical (unpaired) electrons. The minimum Gasteiger partial charge on any atom is -0.391 e. The number of nitrogens with zero attached hydrogens (tertiary/aromatic N) is 2. The SMILES string of the molecule is Cc1nn(C)cc1CNCC(O)C(C)(C)C. The normalized spacial score (nSPS) is 14.1.